The minimum absolute atomic E-state index is 0.303. The van der Waals surface area contributed by atoms with Gasteiger partial charge in [-0.05, 0) is 58.4 Å². The molecule has 43 heavy (non-hydrogen) atoms. The summed E-state index contributed by atoms with van der Waals surface area (Å²) in [7, 11) is 0. The van der Waals surface area contributed by atoms with Crippen LogP contribution in [0.25, 0.3) is 22.1 Å². The van der Waals surface area contributed by atoms with Crippen LogP contribution in [0.2, 0.25) is 0 Å². The molecule has 13 heteroatoms. The van der Waals surface area contributed by atoms with Crippen molar-refractivity contribution in [2.24, 2.45) is 0 Å². The van der Waals surface area contributed by atoms with E-state index in [4.69, 9.17) is 0 Å². The summed E-state index contributed by atoms with van der Waals surface area (Å²) in [6, 6.07) is 19.0. The van der Waals surface area contributed by atoms with E-state index in [1.165, 1.54) is 17.3 Å². The first-order valence-corrected chi connectivity index (χ1v) is 17.1. The van der Waals surface area contributed by atoms with Gasteiger partial charge in [0.2, 0.25) is 0 Å². The lowest BCUT2D eigenvalue weighted by atomic mass is 10.1. The third-order valence-electron chi connectivity index (χ3n) is 6.96. The largest absolute Gasteiger partial charge is 0.346 e. The maximum atomic E-state index is 12.4. The normalized spacial score (nSPS) is 13.6. The van der Waals surface area contributed by atoms with Gasteiger partial charge in [0.25, 0.3) is 23.6 Å². The Morgan fingerprint density at radius 1 is 0.605 bits per heavy atom. The van der Waals surface area contributed by atoms with Crippen LogP contribution < -0.4 is 9.80 Å². The maximum absolute atomic E-state index is 12.4. The van der Waals surface area contributed by atoms with Crippen molar-refractivity contribution in [2.75, 3.05) is 9.80 Å². The highest BCUT2D eigenvalue weighted by molar-refractivity contribution is 9.93. The fourth-order valence-corrected chi connectivity index (χ4v) is 5.40. The molecule has 10 nitrogen and oxygen atoms in total. The van der Waals surface area contributed by atoms with Gasteiger partial charge in [0.1, 0.15) is 11.3 Å². The van der Waals surface area contributed by atoms with Crippen LogP contribution in [0.4, 0.5) is 11.4 Å². The van der Waals surface area contributed by atoms with Crippen LogP contribution >= 0.6 is 44.2 Å². The van der Waals surface area contributed by atoms with Gasteiger partial charge in [-0.3, -0.25) is 19.2 Å². The van der Waals surface area contributed by atoms with E-state index < -0.39 is 0 Å². The lowest BCUT2D eigenvalue weighted by molar-refractivity contribution is 0.0910. The topological polar surface area (TPSA) is 132 Å². The van der Waals surface area contributed by atoms with Crippen LogP contribution in [-0.2, 0) is 0 Å². The number of halogens is 3. The van der Waals surface area contributed by atoms with Crippen LogP contribution in [0, 0.1) is 0 Å². The van der Waals surface area contributed by atoms with E-state index in [2.05, 4.69) is 64.1 Å². The molecule has 0 atom stereocenters. The Kier molecular flexibility index (Phi) is 7.77. The lowest BCUT2D eigenvalue weighted by Crippen LogP contribution is -2.29. The fraction of sp³-hybridized carbons (Fsp3) is 0. The average molecular weight is 765 g/mol. The van der Waals surface area contributed by atoms with Gasteiger partial charge < -0.3 is 9.97 Å². The first-order chi connectivity index (χ1) is 20.9. The molecule has 0 saturated heterocycles. The number of pyridine rings is 2. The van der Waals surface area contributed by atoms with E-state index in [1.54, 1.807) is 73.1 Å². The van der Waals surface area contributed by atoms with E-state index >= 15 is 0 Å². The van der Waals surface area contributed by atoms with Gasteiger partial charge in [-0.25, -0.2) is 19.8 Å². The molecule has 0 saturated carbocycles. The van der Waals surface area contributed by atoms with Crippen molar-refractivity contribution in [1.29, 1.82) is 0 Å². The predicted molar refractivity (Wildman–Crippen MR) is 173 cm³/mol. The number of aromatic amines is 2. The Balaban J connectivity index is 0.000000145. The third kappa shape index (κ3) is 4.88. The van der Waals surface area contributed by atoms with Crippen molar-refractivity contribution in [3.63, 3.8) is 0 Å². The van der Waals surface area contributed by atoms with E-state index in [0.29, 0.717) is 39.3 Å². The van der Waals surface area contributed by atoms with Crippen LogP contribution in [0.1, 0.15) is 41.4 Å². The number of aromatic nitrogens is 4. The maximum Gasteiger partial charge on any atom is 0.266 e. The second kappa shape index (κ2) is 11.7. The number of hydrogen-bond acceptors (Lipinski definition) is 6. The third-order valence-corrected chi connectivity index (χ3v) is 7.61. The molecule has 0 radical (unpaired) electrons. The zero-order valence-corrected chi connectivity index (χ0v) is 26.5. The Morgan fingerprint density at radius 2 is 1.07 bits per heavy atom. The monoisotopic (exact) mass is 762 g/mol. The van der Waals surface area contributed by atoms with E-state index in [-0.39, 0.29) is 23.6 Å². The van der Waals surface area contributed by atoms with Crippen molar-refractivity contribution in [2.45, 2.75) is 0 Å². The van der Waals surface area contributed by atoms with Crippen molar-refractivity contribution < 1.29 is 19.2 Å². The first-order valence-electron chi connectivity index (χ1n) is 12.6. The van der Waals surface area contributed by atoms with Crippen LogP contribution in [0.15, 0.2) is 96.0 Å². The molecule has 0 unspecified atom stereocenters. The standard InChI is InChI=1S/C15H8BrN3O2.C15H9N3O2.Br2/c16-12-7-18-13-11(12)5-8(6-17-13)19-14(20)9-3-1-2-4-10(9)15(19)21;19-14-11-3-1-2-4-12(11)15(20)18(14)10-7-9-5-6-16-13(9)17-8-10;1-2/h1-7H,(H,17,18);1-8H,(H,16,17);. The first kappa shape index (κ1) is 28.6. The number of nitrogens with zero attached hydrogens (tertiary/aromatic N) is 4. The Bertz CT molecular complexity index is 2020. The molecule has 0 fully saturated rings. The molecule has 2 aromatic carbocycles. The fourth-order valence-electron chi connectivity index (χ4n) is 4.98. The molecule has 0 spiro atoms. The number of carbonyl (C=O) groups excluding carboxylic acids is 4. The molecule has 2 N–H and O–H groups in total. The summed E-state index contributed by atoms with van der Waals surface area (Å²) in [6.45, 7) is 0. The minimum Gasteiger partial charge on any atom is -0.346 e. The molecule has 6 heterocycles. The quantitative estimate of drug-likeness (QED) is 0.180. The number of amides is 4. The Hall–Kier alpha value is -4.46. The number of hydrogen-bond donors (Lipinski definition) is 2. The molecule has 2 aliphatic heterocycles. The molecular formula is C30H17Br3N6O4. The number of carbonyl (C=O) groups is 4. The number of fused-ring (bicyclic) bond motifs is 4. The summed E-state index contributed by atoms with van der Waals surface area (Å²) in [4.78, 5) is 66.3. The van der Waals surface area contributed by atoms with Gasteiger partial charge in [0, 0.05) is 55.9 Å². The van der Waals surface area contributed by atoms with Gasteiger partial charge in [-0.1, -0.05) is 24.3 Å². The molecular weight excluding hydrogens is 748 g/mol. The summed E-state index contributed by atoms with van der Waals surface area (Å²) in [6.07, 6.45) is 6.58. The van der Waals surface area contributed by atoms with Gasteiger partial charge in [-0.15, -0.1) is 0 Å². The van der Waals surface area contributed by atoms with Gasteiger partial charge in [-0.2, -0.15) is 0 Å². The molecule has 4 amide bonds. The summed E-state index contributed by atoms with van der Waals surface area (Å²) in [5.41, 5.74) is 4.11. The van der Waals surface area contributed by atoms with E-state index in [9.17, 15) is 19.2 Å². The van der Waals surface area contributed by atoms with E-state index in [1.807, 2.05) is 6.07 Å². The molecule has 212 valence electrons. The predicted octanol–water partition coefficient (Wildman–Crippen LogP) is 7.18. The number of anilines is 2. The molecule has 0 aliphatic carbocycles. The molecule has 6 aromatic rings. The highest BCUT2D eigenvalue weighted by Crippen LogP contribution is 2.32. The number of benzene rings is 2. The van der Waals surface area contributed by atoms with Crippen molar-refractivity contribution in [3.8, 4) is 0 Å². The smallest absolute Gasteiger partial charge is 0.266 e. The highest BCUT2D eigenvalue weighted by atomic mass is 80.9. The van der Waals surface area contributed by atoms with Gasteiger partial charge >= 0.3 is 0 Å². The average Bonchev–Trinajstić information content (AvgIpc) is 3.79. The van der Waals surface area contributed by atoms with Crippen LogP contribution in [-0.4, -0.2) is 43.6 Å². The molecule has 8 rings (SSSR count). The number of H-pyrrole nitrogens is 2. The highest BCUT2D eigenvalue weighted by Gasteiger charge is 2.37. The Labute approximate surface area is 267 Å². The summed E-state index contributed by atoms with van der Waals surface area (Å²) < 4.78 is 0.837. The second-order valence-electron chi connectivity index (χ2n) is 9.32. The summed E-state index contributed by atoms with van der Waals surface area (Å²) in [5, 5.41) is 1.68. The lowest BCUT2D eigenvalue weighted by Gasteiger charge is -2.13. The zero-order chi connectivity index (χ0) is 30.2. The zero-order valence-electron chi connectivity index (χ0n) is 21.7. The van der Waals surface area contributed by atoms with Crippen LogP contribution in [0.3, 0.4) is 0 Å². The van der Waals surface area contributed by atoms with Gasteiger partial charge in [0.15, 0.2) is 0 Å². The molecule has 4 aromatic heterocycles. The SMILES string of the molecule is BrBr.O=C1c2ccccc2C(=O)N1c1cnc2[nH]cc(Br)c2c1.O=C1c2ccccc2C(=O)N1c1cnc2[nH]ccc2c1. The summed E-state index contributed by atoms with van der Waals surface area (Å²) >= 11 is 8.91. The second-order valence-corrected chi connectivity index (χ2v) is 10.2. The summed E-state index contributed by atoms with van der Waals surface area (Å²) in [5.74, 6) is -1.24. The van der Waals surface area contributed by atoms with Crippen molar-refractivity contribution >= 4 is 101 Å². The van der Waals surface area contributed by atoms with Crippen molar-refractivity contribution in [1.82, 2.24) is 19.9 Å². The number of rotatable bonds is 2. The number of nitrogens with one attached hydrogen (secondary N) is 2. The Morgan fingerprint density at radius 3 is 1.58 bits per heavy atom. The van der Waals surface area contributed by atoms with Gasteiger partial charge in [0.05, 0.1) is 46.0 Å². The van der Waals surface area contributed by atoms with E-state index in [0.717, 1.165) is 25.8 Å². The molecule has 0 bridgehead atoms. The van der Waals surface area contributed by atoms with Crippen LogP contribution in [0.5, 0.6) is 0 Å². The van der Waals surface area contributed by atoms with Crippen molar-refractivity contribution in [3.05, 3.63) is 118 Å². The molecule has 2 aliphatic rings. The minimum atomic E-state index is -0.316. The number of imide groups is 2.